The molecule has 1 aromatic carbocycles. The minimum Gasteiger partial charge on any atom is -0.393 e. The van der Waals surface area contributed by atoms with Crippen LogP contribution >= 0.6 is 0 Å². The summed E-state index contributed by atoms with van der Waals surface area (Å²) in [7, 11) is -1.89. The molecular weight excluding hydrogens is 292 g/mol. The zero-order chi connectivity index (χ0) is 15.1. The lowest BCUT2D eigenvalue weighted by atomic mass is 10.2. The van der Waals surface area contributed by atoms with E-state index in [4.69, 9.17) is 8.85 Å². The summed E-state index contributed by atoms with van der Waals surface area (Å²) in [6.07, 6.45) is 1.50. The molecule has 0 heterocycles. The minimum atomic E-state index is -1.89. The average Bonchev–Trinajstić information content (AvgIpc) is 2.45. The molecule has 0 aliphatic carbocycles. The van der Waals surface area contributed by atoms with E-state index in [0.29, 0.717) is 19.3 Å². The van der Waals surface area contributed by atoms with Crippen molar-refractivity contribution in [1.82, 2.24) is 0 Å². The van der Waals surface area contributed by atoms with E-state index >= 15 is 0 Å². The number of halogens is 4. The van der Waals surface area contributed by atoms with Crippen molar-refractivity contribution in [3.63, 3.8) is 0 Å². The number of rotatable bonds is 8. The molecular formula is C13H17F4O2Si. The first kappa shape index (κ1) is 17.1. The molecule has 0 atom stereocenters. The summed E-state index contributed by atoms with van der Waals surface area (Å²) >= 11 is 0. The van der Waals surface area contributed by atoms with Crippen LogP contribution in [0.4, 0.5) is 17.6 Å². The third kappa shape index (κ3) is 4.57. The maximum absolute atomic E-state index is 13.6. The Labute approximate surface area is 117 Å². The molecule has 0 fully saturated rings. The summed E-state index contributed by atoms with van der Waals surface area (Å²) in [5.74, 6) is -6.39. The first-order valence-electron chi connectivity index (χ1n) is 6.44. The maximum atomic E-state index is 13.6. The largest absolute Gasteiger partial charge is 0.393 e. The quantitative estimate of drug-likeness (QED) is 0.316. The number of hydrogen-bond acceptors (Lipinski definition) is 2. The summed E-state index contributed by atoms with van der Waals surface area (Å²) in [6.45, 7) is 4.64. The highest BCUT2D eigenvalue weighted by molar-refractivity contribution is 6.43. The molecule has 1 radical (unpaired) electrons. The van der Waals surface area contributed by atoms with E-state index in [0.717, 1.165) is 12.8 Å². The molecule has 0 bridgehead atoms. The van der Waals surface area contributed by atoms with Gasteiger partial charge in [-0.25, -0.2) is 17.6 Å². The standard InChI is InChI=1S/C13H17F4O2Si/c1-3-5-18-20(19-6-4-2)8-9-7-10(14)12(16)13(17)11(9)15/h7H,3-6,8H2,1-2H3. The minimum absolute atomic E-state index is 0.0787. The van der Waals surface area contributed by atoms with Crippen molar-refractivity contribution in [3.8, 4) is 0 Å². The van der Waals surface area contributed by atoms with Gasteiger partial charge in [0.2, 0.25) is 0 Å². The van der Waals surface area contributed by atoms with Crippen LogP contribution in [0, 0.1) is 23.3 Å². The van der Waals surface area contributed by atoms with Crippen molar-refractivity contribution < 1.29 is 26.4 Å². The van der Waals surface area contributed by atoms with Crippen molar-refractivity contribution >= 4 is 9.28 Å². The molecule has 0 aliphatic heterocycles. The summed E-state index contributed by atoms with van der Waals surface area (Å²) in [6, 6.07) is 0.577. The Bertz CT molecular complexity index is 435. The second kappa shape index (κ2) is 8.38. The maximum Gasteiger partial charge on any atom is 0.389 e. The fraction of sp³-hybridized carbons (Fsp3) is 0.538. The van der Waals surface area contributed by atoms with Crippen LogP contribution in [0.5, 0.6) is 0 Å². The van der Waals surface area contributed by atoms with Crippen LogP contribution in [-0.2, 0) is 14.9 Å². The van der Waals surface area contributed by atoms with Gasteiger partial charge in [0.1, 0.15) is 0 Å². The monoisotopic (exact) mass is 309 g/mol. The SMILES string of the molecule is CCCO[Si](Cc1cc(F)c(F)c(F)c1F)OCCC. The molecule has 0 saturated carbocycles. The fourth-order valence-corrected chi connectivity index (χ4v) is 3.20. The zero-order valence-electron chi connectivity index (χ0n) is 11.4. The van der Waals surface area contributed by atoms with Gasteiger partial charge in [-0.05, 0) is 24.5 Å². The van der Waals surface area contributed by atoms with Crippen LogP contribution < -0.4 is 0 Å². The van der Waals surface area contributed by atoms with Crippen LogP contribution in [0.15, 0.2) is 6.07 Å². The Hall–Kier alpha value is -0.923. The summed E-state index contributed by atoms with van der Waals surface area (Å²) < 4.78 is 63.6. The summed E-state index contributed by atoms with van der Waals surface area (Å²) in [5.41, 5.74) is -0.262. The third-order valence-electron chi connectivity index (χ3n) is 2.45. The van der Waals surface area contributed by atoms with Gasteiger partial charge in [-0.3, -0.25) is 0 Å². The van der Waals surface area contributed by atoms with E-state index in [1.165, 1.54) is 0 Å². The van der Waals surface area contributed by atoms with Gasteiger partial charge in [-0.1, -0.05) is 13.8 Å². The third-order valence-corrected chi connectivity index (χ3v) is 4.17. The molecule has 113 valence electrons. The van der Waals surface area contributed by atoms with Crippen molar-refractivity contribution in [2.75, 3.05) is 13.2 Å². The van der Waals surface area contributed by atoms with Crippen LogP contribution in [0.2, 0.25) is 0 Å². The van der Waals surface area contributed by atoms with Gasteiger partial charge >= 0.3 is 9.28 Å². The van der Waals surface area contributed by atoms with E-state index in [2.05, 4.69) is 0 Å². The van der Waals surface area contributed by atoms with Crippen molar-refractivity contribution in [3.05, 3.63) is 34.9 Å². The molecule has 20 heavy (non-hydrogen) atoms. The van der Waals surface area contributed by atoms with E-state index in [1.54, 1.807) is 0 Å². The first-order valence-corrected chi connectivity index (χ1v) is 7.96. The van der Waals surface area contributed by atoms with Gasteiger partial charge in [0, 0.05) is 19.3 Å². The van der Waals surface area contributed by atoms with Gasteiger partial charge in [-0.15, -0.1) is 0 Å². The van der Waals surface area contributed by atoms with E-state index in [-0.39, 0.29) is 11.6 Å². The first-order chi connectivity index (χ1) is 9.51. The lowest BCUT2D eigenvalue weighted by Gasteiger charge is -2.15. The predicted molar refractivity (Wildman–Crippen MR) is 68.2 cm³/mol. The molecule has 0 unspecified atom stereocenters. The Balaban J connectivity index is 2.86. The van der Waals surface area contributed by atoms with Crippen LogP contribution in [0.3, 0.4) is 0 Å². The van der Waals surface area contributed by atoms with E-state index in [1.807, 2.05) is 13.8 Å². The van der Waals surface area contributed by atoms with Gasteiger partial charge in [0.25, 0.3) is 0 Å². The van der Waals surface area contributed by atoms with Gasteiger partial charge in [-0.2, -0.15) is 0 Å². The van der Waals surface area contributed by atoms with E-state index in [9.17, 15) is 17.6 Å². The highest BCUT2D eigenvalue weighted by atomic mass is 28.3. The lowest BCUT2D eigenvalue weighted by molar-refractivity contribution is 0.195. The molecule has 2 nitrogen and oxygen atoms in total. The van der Waals surface area contributed by atoms with Crippen LogP contribution in [-0.4, -0.2) is 22.5 Å². The molecule has 0 amide bonds. The Morgan fingerprint density at radius 2 is 1.45 bits per heavy atom. The normalized spacial score (nSPS) is 11.3. The second-order valence-electron chi connectivity index (χ2n) is 4.21. The fourth-order valence-electron chi connectivity index (χ4n) is 1.48. The second-order valence-corrected chi connectivity index (χ2v) is 5.88. The van der Waals surface area contributed by atoms with Crippen molar-refractivity contribution in [1.29, 1.82) is 0 Å². The molecule has 7 heteroatoms. The number of hydrogen-bond donors (Lipinski definition) is 0. The molecule has 0 N–H and O–H groups in total. The molecule has 0 aromatic heterocycles. The highest BCUT2D eigenvalue weighted by Gasteiger charge is 2.24. The number of benzene rings is 1. The summed E-state index contributed by atoms with van der Waals surface area (Å²) in [5, 5.41) is 0. The van der Waals surface area contributed by atoms with E-state index < -0.39 is 32.6 Å². The molecule has 0 saturated heterocycles. The van der Waals surface area contributed by atoms with Crippen LogP contribution in [0.1, 0.15) is 32.3 Å². The van der Waals surface area contributed by atoms with Gasteiger partial charge in [0.15, 0.2) is 23.3 Å². The Morgan fingerprint density at radius 3 is 1.95 bits per heavy atom. The average molecular weight is 309 g/mol. The molecule has 0 spiro atoms. The Morgan fingerprint density at radius 1 is 0.900 bits per heavy atom. The Kier molecular flexibility index (Phi) is 7.18. The predicted octanol–water partition coefficient (Wildman–Crippen LogP) is 3.67. The highest BCUT2D eigenvalue weighted by Crippen LogP contribution is 2.20. The van der Waals surface area contributed by atoms with Crippen molar-refractivity contribution in [2.45, 2.75) is 32.7 Å². The zero-order valence-corrected chi connectivity index (χ0v) is 12.4. The molecule has 0 aliphatic rings. The summed E-state index contributed by atoms with van der Waals surface area (Å²) in [4.78, 5) is 0. The van der Waals surface area contributed by atoms with Crippen molar-refractivity contribution in [2.24, 2.45) is 0 Å². The smallest absolute Gasteiger partial charge is 0.389 e. The van der Waals surface area contributed by atoms with Crippen LogP contribution in [0.25, 0.3) is 0 Å². The topological polar surface area (TPSA) is 18.5 Å². The lowest BCUT2D eigenvalue weighted by Crippen LogP contribution is -2.28. The molecule has 1 rings (SSSR count). The van der Waals surface area contributed by atoms with Gasteiger partial charge < -0.3 is 8.85 Å². The molecule has 1 aromatic rings. The van der Waals surface area contributed by atoms with Gasteiger partial charge in [0.05, 0.1) is 0 Å².